The summed E-state index contributed by atoms with van der Waals surface area (Å²) in [5.74, 6) is 3.88. The molecule has 0 aromatic heterocycles. The first kappa shape index (κ1) is 137. The first-order valence-electron chi connectivity index (χ1n) is 28.9. The van der Waals surface area contributed by atoms with Gasteiger partial charge in [0.2, 0.25) is 0 Å². The second-order valence-corrected chi connectivity index (χ2v) is 25.2. The van der Waals surface area contributed by atoms with Crippen LogP contribution in [-0.4, -0.2) is 36.8 Å². The van der Waals surface area contributed by atoms with Crippen LogP contribution in [0.25, 0.3) is 0 Å². The first-order valence-corrected chi connectivity index (χ1v) is 29.5. The van der Waals surface area contributed by atoms with Gasteiger partial charge in [-0.3, -0.25) is 4.79 Å². The average Bonchev–Trinajstić information content (AvgIpc) is 3.44. The number of esters is 1. The van der Waals surface area contributed by atoms with Crippen molar-refractivity contribution < 1.29 is 18.7 Å². The summed E-state index contributed by atoms with van der Waals surface area (Å²) in [5.41, 5.74) is 3.32. The van der Waals surface area contributed by atoms with Gasteiger partial charge in [0.05, 0.1) is 87.3 Å². The van der Waals surface area contributed by atoms with Crippen LogP contribution in [0.1, 0.15) is 368 Å². The second kappa shape index (κ2) is 66.6. The van der Waals surface area contributed by atoms with E-state index in [4.69, 9.17) is 52.6 Å². The van der Waals surface area contributed by atoms with Gasteiger partial charge >= 0.3 is 5.97 Å². The van der Waals surface area contributed by atoms with Crippen molar-refractivity contribution in [2.45, 2.75) is 363 Å². The zero-order chi connectivity index (χ0) is 60.6. The van der Waals surface area contributed by atoms with Crippen LogP contribution >= 0.6 is 11.6 Å². The van der Waals surface area contributed by atoms with Crippen molar-refractivity contribution in [3.63, 3.8) is 0 Å². The van der Waals surface area contributed by atoms with E-state index in [0.717, 1.165) is 67.4 Å². The third-order valence-corrected chi connectivity index (χ3v) is 17.6. The molecule has 0 N–H and O–H groups in total. The predicted octanol–water partition coefficient (Wildman–Crippen LogP) is 29.2. The summed E-state index contributed by atoms with van der Waals surface area (Å²) >= 11 is 5.49. The van der Waals surface area contributed by atoms with Crippen molar-refractivity contribution in [1.82, 2.24) is 0 Å². The first-order chi connectivity index (χ1) is 36.3. The van der Waals surface area contributed by atoms with Gasteiger partial charge in [0.1, 0.15) is 13.3 Å². The van der Waals surface area contributed by atoms with Crippen molar-refractivity contribution >= 4 is 17.6 Å². The molecule has 0 amide bonds. The van der Waals surface area contributed by atoms with Crippen LogP contribution in [0, 0.1) is 113 Å². The molecule has 94 heavy (non-hydrogen) atoms. The highest BCUT2D eigenvalue weighted by Gasteiger charge is 2.58. The molecule has 0 heterocycles. The highest BCUT2D eigenvalue weighted by molar-refractivity contribution is 6.18. The molecule has 11 heteroatoms. The standard InChI is InChI=1S/C17H30O.C12H15N.C11H13N.C9H15NO2.C6H10ClN.C6H10FN.C6H11N.16CH4/c1-5-12(2)18-16(3,4)17-9-13-6-14(10-17)8-15(7-13)11-17;1-4-12(2,3)11-7-5-10(9-13)6-8-11;1-3-9(2)11-6-4-10(8-12)5-7-11;1-4-9(2,3)8(11)12-7-5-6-10;2*1-3-6(2,4-7)5-8;1-4-6(2,3)5-7;;;;;;;;;;;;;;;;/h12-15H,5-11H2,1-4H3;5-8H,4H2,1-3H3;4-7,9H,3H2,1-2H3;4-5,7H2,1-3H3;2*3-4H2,1-2H3;4H2,1-3H3;16*1H4. The number of hydrogen-bond acceptors (Lipinski definition) is 9. The molecule has 6 rings (SSSR count). The summed E-state index contributed by atoms with van der Waals surface area (Å²) in [5, 5.41) is 50.5. The summed E-state index contributed by atoms with van der Waals surface area (Å²) < 4.78 is 23.2. The number of carbonyl (C=O) groups is 1. The minimum atomic E-state index is -0.736. The van der Waals surface area contributed by atoms with E-state index >= 15 is 0 Å². The third kappa shape index (κ3) is 48.7. The predicted molar refractivity (Wildman–Crippen MR) is 427 cm³/mol. The van der Waals surface area contributed by atoms with Crippen molar-refractivity contribution in [3.8, 4) is 36.4 Å². The van der Waals surface area contributed by atoms with E-state index in [9.17, 15) is 9.18 Å². The maximum Gasteiger partial charge on any atom is 0.311 e. The van der Waals surface area contributed by atoms with Crippen LogP contribution < -0.4 is 0 Å². The Hall–Kier alpha value is -4.97. The fraction of sp³-hybridized carbons (Fsp3) is 0.771. The number of nitrogens with zero attached hydrogens (tertiary/aromatic N) is 6. The summed E-state index contributed by atoms with van der Waals surface area (Å²) in [7, 11) is 0. The Labute approximate surface area is 599 Å². The normalized spacial score (nSPS) is 16.5. The Kier molecular flexibility index (Phi) is 96.9. The second-order valence-electron chi connectivity index (χ2n) is 25.0. The van der Waals surface area contributed by atoms with E-state index in [1.807, 2.05) is 123 Å². The maximum absolute atomic E-state index is 11.8. The fourth-order valence-corrected chi connectivity index (χ4v) is 9.15. The van der Waals surface area contributed by atoms with Gasteiger partial charge in [0, 0.05) is 5.88 Å². The topological polar surface area (TPSA) is 178 Å². The van der Waals surface area contributed by atoms with E-state index < -0.39 is 17.5 Å². The minimum absolute atomic E-state index is 0. The van der Waals surface area contributed by atoms with Crippen LogP contribution in [0.2, 0.25) is 0 Å². The number of benzene rings is 2. The quantitative estimate of drug-likeness (QED) is 0.0846. The largest absolute Gasteiger partial charge is 0.464 e. The molecule has 4 fully saturated rings. The Morgan fingerprint density at radius 1 is 0.543 bits per heavy atom. The van der Waals surface area contributed by atoms with Crippen LogP contribution in [0.5, 0.6) is 0 Å². The smallest absolute Gasteiger partial charge is 0.311 e. The lowest BCUT2D eigenvalue weighted by Crippen LogP contribution is -2.57. The van der Waals surface area contributed by atoms with Crippen molar-refractivity contribution in [2.24, 2.45) is 44.8 Å². The number of halogens is 2. The van der Waals surface area contributed by atoms with Gasteiger partial charge < -0.3 is 9.47 Å². The molecule has 0 saturated heterocycles. The number of alkyl halides is 2. The Morgan fingerprint density at radius 3 is 1.14 bits per heavy atom. The van der Waals surface area contributed by atoms with Crippen molar-refractivity contribution in [1.29, 1.82) is 31.6 Å². The molecular formula is C83H168ClFN6O3. The molecule has 9 nitrogen and oxygen atoms in total. The van der Waals surface area contributed by atoms with E-state index in [1.165, 1.54) is 49.7 Å². The molecule has 4 saturated carbocycles. The zero-order valence-corrected chi connectivity index (χ0v) is 52.9. The van der Waals surface area contributed by atoms with Crippen molar-refractivity contribution in [2.75, 3.05) is 19.2 Å². The molecule has 0 spiro atoms. The Balaban J connectivity index is -0.0000000445. The molecular weight excluding hydrogens is 1180 g/mol. The number of rotatable bonds is 17. The zero-order valence-electron chi connectivity index (χ0n) is 52.2. The van der Waals surface area contributed by atoms with Crippen molar-refractivity contribution in [3.05, 3.63) is 70.8 Å². The molecule has 0 radical (unpaired) electrons. The van der Waals surface area contributed by atoms with Gasteiger partial charge in [-0.15, -0.1) is 11.6 Å². The molecule has 4 aliphatic carbocycles. The summed E-state index contributed by atoms with van der Waals surface area (Å²) in [6, 6.07) is 28.1. The lowest BCUT2D eigenvalue weighted by molar-refractivity contribution is -0.204. The molecule has 4 atom stereocenters. The lowest BCUT2D eigenvalue weighted by atomic mass is 9.46. The monoisotopic (exact) mass is 1350 g/mol. The van der Waals surface area contributed by atoms with Gasteiger partial charge in [-0.25, -0.2) is 4.39 Å². The number of nitriles is 6. The van der Waals surface area contributed by atoms with E-state index in [0.29, 0.717) is 29.7 Å². The Bertz CT molecular complexity index is 2210. The Morgan fingerprint density at radius 2 is 0.915 bits per heavy atom. The molecule has 0 aliphatic heterocycles. The van der Waals surface area contributed by atoms with Gasteiger partial charge in [-0.05, 0) is 216 Å². The van der Waals surface area contributed by atoms with Gasteiger partial charge in [0.15, 0.2) is 0 Å². The van der Waals surface area contributed by atoms with E-state index in [2.05, 4.69) is 86.6 Å². The highest BCUT2D eigenvalue weighted by atomic mass is 35.5. The van der Waals surface area contributed by atoms with Crippen LogP contribution in [0.4, 0.5) is 4.39 Å². The molecule has 2 aromatic carbocycles. The average molecular weight is 1350 g/mol. The molecule has 562 valence electrons. The number of carbonyl (C=O) groups excluding carboxylic acids is 1. The maximum atomic E-state index is 11.8. The SMILES string of the molecule is C.C.C.C.C.C.C.C.C.C.C.C.C.C.C.C.CCC(C)(C#N)CCl.CCC(C)(C#N)CF.CCC(C)(C)C#N.CCC(C)(C)C(=O)OCCC#N.CCC(C)(C)c1ccc(C#N)cc1.CCC(C)OC(C)(C)C12CC3CC(CC(C3)C1)C2.CCC(C)c1ccc(C#N)cc1. The lowest BCUT2D eigenvalue weighted by Gasteiger charge is -2.62. The van der Waals surface area contributed by atoms with Gasteiger partial charge in [0.25, 0.3) is 0 Å². The summed E-state index contributed by atoms with van der Waals surface area (Å²) in [6.07, 6.45) is 16.1. The van der Waals surface area contributed by atoms with Crippen LogP contribution in [0.15, 0.2) is 48.5 Å². The third-order valence-electron chi connectivity index (χ3n) is 17.0. The highest BCUT2D eigenvalue weighted by Crippen LogP contribution is 2.64. The molecule has 4 aliphatic rings. The molecule has 2 aromatic rings. The summed E-state index contributed by atoms with van der Waals surface area (Å²) in [4.78, 5) is 11.2. The van der Waals surface area contributed by atoms with E-state index in [-0.39, 0.29) is 160 Å². The molecule has 4 bridgehead atoms. The number of ether oxygens (including phenoxy) is 2. The van der Waals surface area contributed by atoms with Crippen LogP contribution in [0.3, 0.4) is 0 Å². The fourth-order valence-electron chi connectivity index (χ4n) is 8.90. The molecule has 4 unspecified atom stereocenters. The number of hydrogen-bond donors (Lipinski definition) is 0. The van der Waals surface area contributed by atoms with Gasteiger partial charge in [-0.1, -0.05) is 212 Å². The van der Waals surface area contributed by atoms with Gasteiger partial charge in [-0.2, -0.15) is 31.6 Å². The van der Waals surface area contributed by atoms with E-state index in [1.54, 1.807) is 6.92 Å². The van der Waals surface area contributed by atoms with Crippen LogP contribution in [-0.2, 0) is 19.7 Å². The summed E-state index contributed by atoms with van der Waals surface area (Å²) in [6.45, 7) is 38.6. The minimum Gasteiger partial charge on any atom is -0.464 e.